The summed E-state index contributed by atoms with van der Waals surface area (Å²) in [5.74, 6) is 0.771. The van der Waals surface area contributed by atoms with Gasteiger partial charge in [0.05, 0.1) is 4.90 Å². The van der Waals surface area contributed by atoms with Gasteiger partial charge in [-0.25, -0.2) is 13.6 Å². The highest BCUT2D eigenvalue weighted by Gasteiger charge is 2.06. The van der Waals surface area contributed by atoms with E-state index in [0.717, 1.165) is 11.3 Å². The summed E-state index contributed by atoms with van der Waals surface area (Å²) < 4.78 is 27.7. The van der Waals surface area contributed by atoms with Crippen molar-refractivity contribution >= 4 is 10.0 Å². The molecule has 2 N–H and O–H groups in total. The van der Waals surface area contributed by atoms with Gasteiger partial charge in [-0.05, 0) is 29.8 Å². The molecule has 4 nitrogen and oxygen atoms in total. The van der Waals surface area contributed by atoms with E-state index in [1.54, 1.807) is 12.1 Å². The number of sulfonamides is 1. The molecule has 0 aliphatic rings. The van der Waals surface area contributed by atoms with Crippen LogP contribution in [0.1, 0.15) is 5.56 Å². The number of hydrogen-bond donors (Lipinski definition) is 1. The van der Waals surface area contributed by atoms with Gasteiger partial charge in [0, 0.05) is 0 Å². The summed E-state index contributed by atoms with van der Waals surface area (Å²) in [5, 5.41) is 5.01. The van der Waals surface area contributed by atoms with E-state index in [-0.39, 0.29) is 4.90 Å². The second-order valence-corrected chi connectivity index (χ2v) is 5.35. The molecule has 2 rings (SSSR count). The third-order valence-electron chi connectivity index (χ3n) is 2.40. The molecule has 0 saturated carbocycles. The lowest BCUT2D eigenvalue weighted by Crippen LogP contribution is -2.12. The zero-order valence-corrected chi connectivity index (χ0v) is 10.4. The molecule has 5 heteroatoms. The van der Waals surface area contributed by atoms with Crippen molar-refractivity contribution in [2.45, 2.75) is 11.5 Å². The predicted octanol–water partition coefficient (Wildman–Crippen LogP) is 1.91. The number of primary sulfonamides is 1. The van der Waals surface area contributed by atoms with Crippen LogP contribution in [0.25, 0.3) is 0 Å². The molecule has 0 fully saturated rings. The minimum absolute atomic E-state index is 0.103. The van der Waals surface area contributed by atoms with E-state index in [1.165, 1.54) is 12.1 Å². The van der Waals surface area contributed by atoms with Gasteiger partial charge in [-0.3, -0.25) is 0 Å². The molecule has 2 aromatic rings. The van der Waals surface area contributed by atoms with Crippen LogP contribution in [0.5, 0.6) is 5.75 Å². The molecule has 0 atom stereocenters. The number of benzene rings is 2. The van der Waals surface area contributed by atoms with Gasteiger partial charge in [0.2, 0.25) is 10.0 Å². The van der Waals surface area contributed by atoms with Crippen LogP contribution in [0.15, 0.2) is 59.5 Å². The fraction of sp³-hybridized carbons (Fsp3) is 0.0769. The Balaban J connectivity index is 2.03. The van der Waals surface area contributed by atoms with Gasteiger partial charge in [0.1, 0.15) is 12.4 Å². The topological polar surface area (TPSA) is 69.4 Å². The van der Waals surface area contributed by atoms with Gasteiger partial charge < -0.3 is 4.74 Å². The van der Waals surface area contributed by atoms with E-state index in [9.17, 15) is 8.42 Å². The number of hydrogen-bond acceptors (Lipinski definition) is 3. The molecule has 0 aliphatic carbocycles. The molecule has 0 saturated heterocycles. The molecular weight excluding hydrogens is 250 g/mol. The SMILES string of the molecule is NS(=O)(=O)c1ccc(COc2ccccc2)cc1. The van der Waals surface area contributed by atoms with Crippen molar-refractivity contribution < 1.29 is 13.2 Å². The van der Waals surface area contributed by atoms with Crippen molar-refractivity contribution in [1.82, 2.24) is 0 Å². The summed E-state index contributed by atoms with van der Waals surface area (Å²) in [4.78, 5) is 0.103. The Morgan fingerprint density at radius 2 is 1.56 bits per heavy atom. The Labute approximate surface area is 106 Å². The highest BCUT2D eigenvalue weighted by atomic mass is 32.2. The number of ether oxygens (including phenoxy) is 1. The first-order chi connectivity index (χ1) is 8.55. The molecule has 0 heterocycles. The average molecular weight is 263 g/mol. The standard InChI is InChI=1S/C13H13NO3S/c14-18(15,16)13-8-6-11(7-9-13)10-17-12-4-2-1-3-5-12/h1-9H,10H2,(H2,14,15,16). The minimum Gasteiger partial charge on any atom is -0.489 e. The lowest BCUT2D eigenvalue weighted by atomic mass is 10.2. The molecule has 2 aromatic carbocycles. The van der Waals surface area contributed by atoms with Gasteiger partial charge >= 0.3 is 0 Å². The van der Waals surface area contributed by atoms with Gasteiger partial charge in [0.25, 0.3) is 0 Å². The zero-order chi connectivity index (χ0) is 13.0. The first kappa shape index (κ1) is 12.6. The Kier molecular flexibility index (Phi) is 3.64. The molecule has 0 aliphatic heterocycles. The van der Waals surface area contributed by atoms with E-state index >= 15 is 0 Å². The summed E-state index contributed by atoms with van der Waals surface area (Å²) in [7, 11) is -3.63. The van der Waals surface area contributed by atoms with Crippen LogP contribution in [-0.2, 0) is 16.6 Å². The first-order valence-electron chi connectivity index (χ1n) is 5.35. The van der Waals surface area contributed by atoms with E-state index in [0.29, 0.717) is 6.61 Å². The average Bonchev–Trinajstić information content (AvgIpc) is 2.37. The van der Waals surface area contributed by atoms with Gasteiger partial charge in [-0.2, -0.15) is 0 Å². The lowest BCUT2D eigenvalue weighted by Gasteiger charge is -2.06. The quantitative estimate of drug-likeness (QED) is 0.916. The fourth-order valence-corrected chi connectivity index (χ4v) is 1.97. The number of para-hydroxylation sites is 1. The molecule has 94 valence electrons. The fourth-order valence-electron chi connectivity index (χ4n) is 1.46. The number of nitrogens with two attached hydrogens (primary N) is 1. The van der Waals surface area contributed by atoms with Crippen LogP contribution in [0.4, 0.5) is 0 Å². The summed E-state index contributed by atoms with van der Waals surface area (Å²) in [6, 6.07) is 15.7. The zero-order valence-electron chi connectivity index (χ0n) is 9.61. The summed E-state index contributed by atoms with van der Waals surface area (Å²) in [6.07, 6.45) is 0. The van der Waals surface area contributed by atoms with Crippen molar-refractivity contribution in [2.24, 2.45) is 5.14 Å². The number of rotatable bonds is 4. The minimum atomic E-state index is -3.63. The lowest BCUT2D eigenvalue weighted by molar-refractivity contribution is 0.306. The van der Waals surface area contributed by atoms with Crippen LogP contribution in [0, 0.1) is 0 Å². The molecule has 0 aromatic heterocycles. The third kappa shape index (κ3) is 3.32. The van der Waals surface area contributed by atoms with E-state index in [2.05, 4.69) is 0 Å². The van der Waals surface area contributed by atoms with Gasteiger partial charge in [0.15, 0.2) is 0 Å². The Hall–Kier alpha value is -1.85. The van der Waals surface area contributed by atoms with Crippen molar-refractivity contribution in [3.05, 3.63) is 60.2 Å². The monoisotopic (exact) mass is 263 g/mol. The molecule has 18 heavy (non-hydrogen) atoms. The van der Waals surface area contributed by atoms with E-state index in [1.807, 2.05) is 30.3 Å². The highest BCUT2D eigenvalue weighted by molar-refractivity contribution is 7.89. The van der Waals surface area contributed by atoms with Crippen molar-refractivity contribution in [2.75, 3.05) is 0 Å². The Bertz CT molecular complexity index is 606. The summed E-state index contributed by atoms with van der Waals surface area (Å²) in [5.41, 5.74) is 0.881. The van der Waals surface area contributed by atoms with Crippen molar-refractivity contribution in [3.63, 3.8) is 0 Å². The first-order valence-corrected chi connectivity index (χ1v) is 6.90. The molecule has 0 radical (unpaired) electrons. The molecule has 0 amide bonds. The Morgan fingerprint density at radius 1 is 0.944 bits per heavy atom. The summed E-state index contributed by atoms with van der Waals surface area (Å²) >= 11 is 0. The molecule has 0 spiro atoms. The van der Waals surface area contributed by atoms with Crippen LogP contribution in [0.3, 0.4) is 0 Å². The van der Waals surface area contributed by atoms with Crippen molar-refractivity contribution in [3.8, 4) is 5.75 Å². The Morgan fingerprint density at radius 3 is 2.11 bits per heavy atom. The van der Waals surface area contributed by atoms with Crippen LogP contribution < -0.4 is 9.88 Å². The maximum atomic E-state index is 11.1. The molecule has 0 bridgehead atoms. The van der Waals surface area contributed by atoms with E-state index in [4.69, 9.17) is 9.88 Å². The maximum Gasteiger partial charge on any atom is 0.238 e. The van der Waals surface area contributed by atoms with Crippen LogP contribution in [-0.4, -0.2) is 8.42 Å². The maximum absolute atomic E-state index is 11.1. The van der Waals surface area contributed by atoms with Gasteiger partial charge in [-0.15, -0.1) is 0 Å². The van der Waals surface area contributed by atoms with E-state index < -0.39 is 10.0 Å². The molecular formula is C13H13NO3S. The predicted molar refractivity (Wildman–Crippen MR) is 68.6 cm³/mol. The van der Waals surface area contributed by atoms with Crippen molar-refractivity contribution in [1.29, 1.82) is 0 Å². The summed E-state index contributed by atoms with van der Waals surface area (Å²) in [6.45, 7) is 0.384. The normalized spacial score (nSPS) is 11.2. The van der Waals surface area contributed by atoms with Crippen LogP contribution >= 0.6 is 0 Å². The second kappa shape index (κ2) is 5.20. The second-order valence-electron chi connectivity index (χ2n) is 3.79. The van der Waals surface area contributed by atoms with Gasteiger partial charge in [-0.1, -0.05) is 30.3 Å². The third-order valence-corrected chi connectivity index (χ3v) is 3.33. The smallest absolute Gasteiger partial charge is 0.238 e. The highest BCUT2D eigenvalue weighted by Crippen LogP contribution is 2.13. The largest absolute Gasteiger partial charge is 0.489 e. The van der Waals surface area contributed by atoms with Crippen LogP contribution in [0.2, 0.25) is 0 Å². The molecule has 0 unspecified atom stereocenters.